The van der Waals surface area contributed by atoms with Crippen LogP contribution in [0.5, 0.6) is 17.2 Å². The number of hydrogen-bond acceptors (Lipinski definition) is 7. The number of benzene rings is 2. The topological polar surface area (TPSA) is 103 Å². The number of aromatic carboxylic acids is 1. The van der Waals surface area contributed by atoms with Crippen molar-refractivity contribution < 1.29 is 24.1 Å². The van der Waals surface area contributed by atoms with Gasteiger partial charge in [-0.25, -0.2) is 14.8 Å². The third-order valence-electron chi connectivity index (χ3n) is 4.20. The van der Waals surface area contributed by atoms with Crippen molar-refractivity contribution in [1.82, 2.24) is 9.97 Å². The lowest BCUT2D eigenvalue weighted by atomic mass is 10.1. The largest absolute Gasteiger partial charge is 0.493 e. The third-order valence-corrected chi connectivity index (χ3v) is 4.20. The van der Waals surface area contributed by atoms with Gasteiger partial charge in [0, 0.05) is 17.3 Å². The van der Waals surface area contributed by atoms with Crippen molar-refractivity contribution in [3.63, 3.8) is 0 Å². The zero-order valence-electron chi connectivity index (χ0n) is 16.5. The molecule has 0 amide bonds. The Balaban J connectivity index is 2.06. The van der Waals surface area contributed by atoms with Gasteiger partial charge in [0.15, 0.2) is 17.3 Å². The molecule has 1 heterocycles. The predicted molar refractivity (Wildman–Crippen MR) is 109 cm³/mol. The van der Waals surface area contributed by atoms with Crippen molar-refractivity contribution in [2.24, 2.45) is 0 Å². The van der Waals surface area contributed by atoms with Crippen LogP contribution in [0, 0.1) is 6.92 Å². The van der Waals surface area contributed by atoms with Crippen molar-refractivity contribution in [3.8, 4) is 28.6 Å². The summed E-state index contributed by atoms with van der Waals surface area (Å²) in [6, 6.07) is 11.9. The summed E-state index contributed by atoms with van der Waals surface area (Å²) in [5, 5.41) is 12.4. The number of hydrogen-bond donors (Lipinski definition) is 2. The Hall–Kier alpha value is -3.81. The highest BCUT2D eigenvalue weighted by molar-refractivity contribution is 5.95. The molecule has 3 rings (SSSR count). The van der Waals surface area contributed by atoms with Gasteiger partial charge in [-0.1, -0.05) is 12.1 Å². The van der Waals surface area contributed by atoms with Gasteiger partial charge >= 0.3 is 5.97 Å². The molecule has 150 valence electrons. The van der Waals surface area contributed by atoms with Crippen LogP contribution in [0.2, 0.25) is 0 Å². The van der Waals surface area contributed by atoms with E-state index in [2.05, 4.69) is 15.3 Å². The Kier molecular flexibility index (Phi) is 5.82. The quantitative estimate of drug-likeness (QED) is 0.620. The zero-order valence-corrected chi connectivity index (χ0v) is 16.5. The number of ether oxygens (including phenoxy) is 3. The zero-order chi connectivity index (χ0) is 21.0. The summed E-state index contributed by atoms with van der Waals surface area (Å²) in [7, 11) is 4.60. The molecule has 0 unspecified atom stereocenters. The van der Waals surface area contributed by atoms with Crippen LogP contribution in [0.3, 0.4) is 0 Å². The lowest BCUT2D eigenvalue weighted by Crippen LogP contribution is -2.05. The molecular formula is C21H21N3O5. The Morgan fingerprint density at radius 2 is 1.62 bits per heavy atom. The number of carboxylic acids is 1. The number of carboxylic acid groups (broad SMARTS) is 1. The van der Waals surface area contributed by atoms with E-state index in [9.17, 15) is 9.90 Å². The van der Waals surface area contributed by atoms with E-state index in [0.29, 0.717) is 45.8 Å². The van der Waals surface area contributed by atoms with Gasteiger partial charge in [0.1, 0.15) is 5.82 Å². The van der Waals surface area contributed by atoms with Gasteiger partial charge in [-0.2, -0.15) is 0 Å². The Morgan fingerprint density at radius 3 is 2.21 bits per heavy atom. The van der Waals surface area contributed by atoms with E-state index in [1.807, 2.05) is 6.92 Å². The smallest absolute Gasteiger partial charge is 0.337 e. The van der Waals surface area contributed by atoms with Crippen LogP contribution >= 0.6 is 0 Å². The highest BCUT2D eigenvalue weighted by atomic mass is 16.5. The van der Waals surface area contributed by atoms with Crippen molar-refractivity contribution in [1.29, 1.82) is 0 Å². The van der Waals surface area contributed by atoms with Gasteiger partial charge < -0.3 is 24.6 Å². The van der Waals surface area contributed by atoms with E-state index in [0.717, 1.165) is 0 Å². The number of aromatic nitrogens is 2. The molecule has 0 radical (unpaired) electrons. The second kappa shape index (κ2) is 8.47. The fourth-order valence-electron chi connectivity index (χ4n) is 2.89. The molecule has 0 saturated carbocycles. The maximum Gasteiger partial charge on any atom is 0.337 e. The van der Waals surface area contributed by atoms with E-state index in [1.54, 1.807) is 36.4 Å². The molecule has 0 aliphatic carbocycles. The number of nitrogens with zero attached hydrogens (tertiary/aromatic N) is 2. The highest BCUT2D eigenvalue weighted by Crippen LogP contribution is 2.40. The van der Waals surface area contributed by atoms with E-state index >= 15 is 0 Å². The van der Waals surface area contributed by atoms with E-state index < -0.39 is 5.97 Å². The molecule has 3 aromatic rings. The fraction of sp³-hybridized carbons (Fsp3) is 0.190. The summed E-state index contributed by atoms with van der Waals surface area (Å²) in [5.41, 5.74) is 1.96. The van der Waals surface area contributed by atoms with Gasteiger partial charge in [0.2, 0.25) is 5.75 Å². The molecule has 0 atom stereocenters. The van der Waals surface area contributed by atoms with Crippen LogP contribution in [-0.2, 0) is 0 Å². The number of carbonyl (C=O) groups is 1. The van der Waals surface area contributed by atoms with Crippen LogP contribution < -0.4 is 19.5 Å². The van der Waals surface area contributed by atoms with Gasteiger partial charge in [-0.3, -0.25) is 0 Å². The first-order chi connectivity index (χ1) is 14.0. The molecule has 8 nitrogen and oxygen atoms in total. The maximum absolute atomic E-state index is 11.5. The summed E-state index contributed by atoms with van der Waals surface area (Å²) >= 11 is 0. The lowest BCUT2D eigenvalue weighted by molar-refractivity contribution is 0.0698. The molecule has 2 N–H and O–H groups in total. The number of nitrogens with one attached hydrogen (secondary N) is 1. The monoisotopic (exact) mass is 395 g/mol. The van der Waals surface area contributed by atoms with Crippen LogP contribution in [-0.4, -0.2) is 42.4 Å². The molecule has 0 bridgehead atoms. The van der Waals surface area contributed by atoms with Gasteiger partial charge in [-0.05, 0) is 31.2 Å². The maximum atomic E-state index is 11.5. The Bertz CT molecular complexity index is 1030. The highest BCUT2D eigenvalue weighted by Gasteiger charge is 2.17. The second-order valence-corrected chi connectivity index (χ2v) is 6.11. The first-order valence-electron chi connectivity index (χ1n) is 8.72. The molecular weight excluding hydrogens is 374 g/mol. The molecule has 2 aromatic carbocycles. The van der Waals surface area contributed by atoms with Crippen LogP contribution in [0.15, 0.2) is 42.5 Å². The summed E-state index contributed by atoms with van der Waals surface area (Å²) in [4.78, 5) is 20.5. The summed E-state index contributed by atoms with van der Waals surface area (Å²) in [5.74, 6) is 1.31. The normalized spacial score (nSPS) is 10.3. The SMILES string of the molecule is COc1cc(-c2nc(C)cc(Nc3ccccc3C(=O)O)n2)cc(OC)c1OC. The van der Waals surface area contributed by atoms with E-state index in [1.165, 1.54) is 27.4 Å². The predicted octanol–water partition coefficient (Wildman–Crippen LogP) is 3.92. The minimum absolute atomic E-state index is 0.151. The number of para-hydroxylation sites is 1. The molecule has 0 saturated heterocycles. The summed E-state index contributed by atoms with van der Waals surface area (Å²) in [6.07, 6.45) is 0. The molecule has 8 heteroatoms. The van der Waals surface area contributed by atoms with Crippen LogP contribution in [0.4, 0.5) is 11.5 Å². The average Bonchev–Trinajstić information content (AvgIpc) is 2.72. The molecule has 1 aromatic heterocycles. The molecule has 0 aliphatic heterocycles. The average molecular weight is 395 g/mol. The summed E-state index contributed by atoms with van der Waals surface area (Å²) < 4.78 is 16.1. The Labute approximate surface area is 168 Å². The van der Waals surface area contributed by atoms with Crippen molar-refractivity contribution in [2.75, 3.05) is 26.6 Å². The fourth-order valence-corrected chi connectivity index (χ4v) is 2.89. The van der Waals surface area contributed by atoms with Crippen LogP contribution in [0.1, 0.15) is 16.1 Å². The molecule has 0 aliphatic rings. The van der Waals surface area contributed by atoms with Crippen molar-refractivity contribution in [3.05, 3.63) is 53.7 Å². The molecule has 29 heavy (non-hydrogen) atoms. The number of rotatable bonds is 7. The third kappa shape index (κ3) is 4.21. The molecule has 0 fully saturated rings. The first-order valence-corrected chi connectivity index (χ1v) is 8.72. The van der Waals surface area contributed by atoms with Crippen LogP contribution in [0.25, 0.3) is 11.4 Å². The second-order valence-electron chi connectivity index (χ2n) is 6.11. The van der Waals surface area contributed by atoms with Gasteiger partial charge in [0.25, 0.3) is 0 Å². The standard InChI is InChI=1S/C21H21N3O5/c1-12-9-18(23-15-8-6-5-7-14(15)21(25)26)24-20(22-12)13-10-16(27-2)19(29-4)17(11-13)28-3/h5-11H,1-4H3,(H,25,26)(H,22,23,24). The van der Waals surface area contributed by atoms with Crippen molar-refractivity contribution >= 4 is 17.5 Å². The van der Waals surface area contributed by atoms with E-state index in [4.69, 9.17) is 14.2 Å². The van der Waals surface area contributed by atoms with Gasteiger partial charge in [0.05, 0.1) is 32.6 Å². The van der Waals surface area contributed by atoms with Gasteiger partial charge in [-0.15, -0.1) is 0 Å². The Morgan fingerprint density at radius 1 is 0.966 bits per heavy atom. The number of aryl methyl sites for hydroxylation is 1. The summed E-state index contributed by atoms with van der Waals surface area (Å²) in [6.45, 7) is 1.83. The lowest BCUT2D eigenvalue weighted by Gasteiger charge is -2.15. The van der Waals surface area contributed by atoms with E-state index in [-0.39, 0.29) is 5.56 Å². The minimum Gasteiger partial charge on any atom is -0.493 e. The first kappa shape index (κ1) is 19.9. The van der Waals surface area contributed by atoms with Crippen molar-refractivity contribution in [2.45, 2.75) is 6.92 Å². The number of anilines is 2. The minimum atomic E-state index is -1.02. The molecule has 0 spiro atoms. The number of methoxy groups -OCH3 is 3.